The molecule has 0 saturated heterocycles. The van der Waals surface area contributed by atoms with Gasteiger partial charge in [-0.1, -0.05) is 44.4 Å². The van der Waals surface area contributed by atoms with Crippen LogP contribution in [0.15, 0.2) is 46.5 Å². The minimum atomic E-state index is 0.738. The van der Waals surface area contributed by atoms with E-state index in [1.54, 1.807) is 0 Å². The lowest BCUT2D eigenvalue weighted by Crippen LogP contribution is -2.38. The second-order valence-electron chi connectivity index (χ2n) is 6.11. The number of rotatable bonds is 8. The molecule has 4 heteroatoms. The normalized spacial score (nSPS) is 14.6. The number of nitrogens with zero attached hydrogens (tertiary/aromatic N) is 3. The van der Waals surface area contributed by atoms with Crippen molar-refractivity contribution in [2.45, 2.75) is 52.4 Å². The molecular formula is C20H28ClN3. The van der Waals surface area contributed by atoms with Gasteiger partial charge in [0.25, 0.3) is 0 Å². The van der Waals surface area contributed by atoms with E-state index in [1.807, 2.05) is 30.5 Å². The van der Waals surface area contributed by atoms with E-state index >= 15 is 0 Å². The zero-order valence-electron chi connectivity index (χ0n) is 14.8. The predicted octanol–water partition coefficient (Wildman–Crippen LogP) is 6.02. The Hall–Kier alpha value is -1.61. The summed E-state index contributed by atoms with van der Waals surface area (Å²) in [4.78, 5) is 12.0. The minimum absolute atomic E-state index is 0.738. The zero-order chi connectivity index (χ0) is 17.2. The third kappa shape index (κ3) is 5.79. The summed E-state index contributed by atoms with van der Waals surface area (Å²) in [6.45, 7) is 6.53. The number of aliphatic imine (C=N–C) groups is 2. The number of unbranched alkanes of at least 4 members (excludes halogenated alkanes) is 2. The average Bonchev–Trinajstić information content (AvgIpc) is 2.63. The van der Waals surface area contributed by atoms with Crippen LogP contribution in [0.4, 0.5) is 5.69 Å². The van der Waals surface area contributed by atoms with Gasteiger partial charge in [-0.3, -0.25) is 4.99 Å². The summed E-state index contributed by atoms with van der Waals surface area (Å²) >= 11 is 6.00. The maximum absolute atomic E-state index is 6.00. The molecule has 0 aliphatic carbocycles. The third-order valence-electron chi connectivity index (χ3n) is 4.07. The topological polar surface area (TPSA) is 28.0 Å². The molecule has 0 N–H and O–H groups in total. The summed E-state index contributed by atoms with van der Waals surface area (Å²) in [6.07, 6.45) is 10.7. The summed E-state index contributed by atoms with van der Waals surface area (Å²) in [5, 5.41) is 0.738. The van der Waals surface area contributed by atoms with Crippen molar-refractivity contribution in [3.8, 4) is 0 Å². The van der Waals surface area contributed by atoms with Gasteiger partial charge in [0.05, 0.1) is 11.4 Å². The van der Waals surface area contributed by atoms with Crippen LogP contribution in [0, 0.1) is 0 Å². The molecule has 130 valence electrons. The summed E-state index contributed by atoms with van der Waals surface area (Å²) in [7, 11) is 0. The highest BCUT2D eigenvalue weighted by Gasteiger charge is 2.18. The summed E-state index contributed by atoms with van der Waals surface area (Å²) in [5.74, 6) is 1.03. The molecule has 0 radical (unpaired) electrons. The first-order valence-corrected chi connectivity index (χ1v) is 9.43. The Labute approximate surface area is 151 Å². The fourth-order valence-electron chi connectivity index (χ4n) is 2.65. The first-order chi connectivity index (χ1) is 11.7. The van der Waals surface area contributed by atoms with Crippen molar-refractivity contribution >= 4 is 28.8 Å². The second-order valence-corrected chi connectivity index (χ2v) is 6.54. The van der Waals surface area contributed by atoms with Gasteiger partial charge in [-0.25, -0.2) is 4.99 Å². The molecular weight excluding hydrogens is 318 g/mol. The van der Waals surface area contributed by atoms with Crippen LogP contribution in [0.1, 0.15) is 52.4 Å². The fraction of sp³-hybridized carbons (Fsp3) is 0.500. The quantitative estimate of drug-likeness (QED) is 0.418. The predicted molar refractivity (Wildman–Crippen MR) is 106 cm³/mol. The molecule has 0 bridgehead atoms. The molecule has 0 spiro atoms. The van der Waals surface area contributed by atoms with Crippen LogP contribution in [0.25, 0.3) is 0 Å². The molecule has 0 amide bonds. The van der Waals surface area contributed by atoms with Gasteiger partial charge in [0, 0.05) is 24.3 Å². The highest BCUT2D eigenvalue weighted by molar-refractivity contribution is 6.42. The maximum atomic E-state index is 6.00. The number of hydrogen-bond donors (Lipinski definition) is 0. The number of allylic oxidation sites excluding steroid dienone is 1. The molecule has 1 aliphatic heterocycles. The highest BCUT2D eigenvalue weighted by atomic mass is 35.5. The summed E-state index contributed by atoms with van der Waals surface area (Å²) in [6, 6.07) is 7.73. The Morgan fingerprint density at radius 1 is 1.12 bits per heavy atom. The molecule has 24 heavy (non-hydrogen) atoms. The first-order valence-electron chi connectivity index (χ1n) is 9.05. The van der Waals surface area contributed by atoms with Crippen LogP contribution in [-0.4, -0.2) is 29.5 Å². The van der Waals surface area contributed by atoms with E-state index in [0.717, 1.165) is 48.2 Å². The lowest BCUT2D eigenvalue weighted by atomic mass is 10.1. The van der Waals surface area contributed by atoms with Gasteiger partial charge in [0.1, 0.15) is 0 Å². The van der Waals surface area contributed by atoms with Crippen molar-refractivity contribution < 1.29 is 0 Å². The molecule has 0 atom stereocenters. The highest BCUT2D eigenvalue weighted by Crippen LogP contribution is 2.19. The molecule has 0 aromatic heterocycles. The van der Waals surface area contributed by atoms with Crippen molar-refractivity contribution in [2.24, 2.45) is 9.98 Å². The summed E-state index contributed by atoms with van der Waals surface area (Å²) in [5.41, 5.74) is 2.03. The molecule has 0 saturated carbocycles. The monoisotopic (exact) mass is 345 g/mol. The Morgan fingerprint density at radius 2 is 1.79 bits per heavy atom. The van der Waals surface area contributed by atoms with Gasteiger partial charge < -0.3 is 4.90 Å². The Morgan fingerprint density at radius 3 is 2.33 bits per heavy atom. The van der Waals surface area contributed by atoms with Crippen molar-refractivity contribution in [3.63, 3.8) is 0 Å². The Kier molecular flexibility index (Phi) is 8.03. The van der Waals surface area contributed by atoms with Crippen LogP contribution >= 0.6 is 11.6 Å². The van der Waals surface area contributed by atoms with Crippen LogP contribution < -0.4 is 0 Å². The molecule has 1 aromatic rings. The minimum Gasteiger partial charge on any atom is -0.355 e. The van der Waals surface area contributed by atoms with Gasteiger partial charge in [-0.05, 0) is 49.9 Å². The maximum Gasteiger partial charge on any atom is 0.150 e. The van der Waals surface area contributed by atoms with Crippen molar-refractivity contribution in [3.05, 3.63) is 41.6 Å². The number of hydrogen-bond acceptors (Lipinski definition) is 2. The van der Waals surface area contributed by atoms with Gasteiger partial charge in [-0.2, -0.15) is 0 Å². The molecule has 1 aromatic carbocycles. The van der Waals surface area contributed by atoms with E-state index < -0.39 is 0 Å². The number of amidine groups is 1. The zero-order valence-corrected chi connectivity index (χ0v) is 15.6. The first kappa shape index (κ1) is 18.7. The van der Waals surface area contributed by atoms with E-state index in [9.17, 15) is 0 Å². The van der Waals surface area contributed by atoms with Gasteiger partial charge in [0.15, 0.2) is 5.84 Å². The van der Waals surface area contributed by atoms with E-state index in [2.05, 4.69) is 29.8 Å². The lowest BCUT2D eigenvalue weighted by Gasteiger charge is -2.27. The molecule has 0 fully saturated rings. The molecule has 0 unspecified atom stereocenters. The van der Waals surface area contributed by atoms with Crippen molar-refractivity contribution in [1.29, 1.82) is 0 Å². The van der Waals surface area contributed by atoms with E-state index in [-0.39, 0.29) is 0 Å². The fourth-order valence-corrected chi connectivity index (χ4v) is 2.77. The number of benzene rings is 1. The largest absolute Gasteiger partial charge is 0.355 e. The Bertz CT molecular complexity index is 579. The third-order valence-corrected chi connectivity index (χ3v) is 4.32. The second kappa shape index (κ2) is 10.3. The van der Waals surface area contributed by atoms with Gasteiger partial charge in [0.2, 0.25) is 0 Å². The van der Waals surface area contributed by atoms with E-state index in [0.29, 0.717) is 0 Å². The summed E-state index contributed by atoms with van der Waals surface area (Å²) < 4.78 is 0. The standard InChI is InChI=1S/C20H28ClN3/c1-3-5-15-24(16-6-4-2)20(19-9-7-8-14-22-19)23-18-12-10-17(21)11-13-18/h8,10-14H,3-7,9,15-16H2,1-2H3. The van der Waals surface area contributed by atoms with Crippen molar-refractivity contribution in [1.82, 2.24) is 4.90 Å². The van der Waals surface area contributed by atoms with Crippen LogP contribution in [0.5, 0.6) is 0 Å². The smallest absolute Gasteiger partial charge is 0.150 e. The Balaban J connectivity index is 2.33. The average molecular weight is 346 g/mol. The van der Waals surface area contributed by atoms with Crippen LogP contribution in [0.3, 0.4) is 0 Å². The lowest BCUT2D eigenvalue weighted by molar-refractivity contribution is 0.402. The molecule has 1 aliphatic rings. The number of halogens is 1. The van der Waals surface area contributed by atoms with Crippen LogP contribution in [-0.2, 0) is 0 Å². The van der Waals surface area contributed by atoms with Gasteiger partial charge >= 0.3 is 0 Å². The van der Waals surface area contributed by atoms with Crippen molar-refractivity contribution in [2.75, 3.05) is 13.1 Å². The molecule has 2 rings (SSSR count). The molecule has 3 nitrogen and oxygen atoms in total. The SMILES string of the molecule is CCCCN(CCCC)C(=Nc1ccc(Cl)cc1)C1=NC=CCC1. The van der Waals surface area contributed by atoms with E-state index in [1.165, 1.54) is 25.7 Å². The van der Waals surface area contributed by atoms with Crippen LogP contribution in [0.2, 0.25) is 5.02 Å². The van der Waals surface area contributed by atoms with Gasteiger partial charge in [-0.15, -0.1) is 0 Å². The van der Waals surface area contributed by atoms with E-state index in [4.69, 9.17) is 16.6 Å². The molecule has 1 heterocycles.